The number of rotatable bonds is 11. The van der Waals surface area contributed by atoms with Crippen molar-refractivity contribution >= 4 is 11.8 Å². The van der Waals surface area contributed by atoms with Gasteiger partial charge in [-0.1, -0.05) is 72.8 Å². The van der Waals surface area contributed by atoms with E-state index in [1.54, 1.807) is 42.1 Å². The number of imidazole rings is 2. The van der Waals surface area contributed by atoms with Gasteiger partial charge < -0.3 is 34.0 Å². The molecule has 0 aliphatic carbocycles. The van der Waals surface area contributed by atoms with E-state index >= 15 is 4.39 Å². The summed E-state index contributed by atoms with van der Waals surface area (Å²) in [7, 11) is 0. The summed E-state index contributed by atoms with van der Waals surface area (Å²) in [5.41, 5.74) is 8.71. The van der Waals surface area contributed by atoms with E-state index in [0.29, 0.717) is 69.4 Å². The first kappa shape index (κ1) is 47.6. The molecule has 2 aromatic heterocycles. The Balaban J connectivity index is 0.871. The minimum Gasteiger partial charge on any atom is -0.393 e. The van der Waals surface area contributed by atoms with E-state index in [-0.39, 0.29) is 54.5 Å². The van der Waals surface area contributed by atoms with Crippen LogP contribution in [-0.2, 0) is 0 Å². The summed E-state index contributed by atoms with van der Waals surface area (Å²) in [6, 6.07) is 29.0. The normalized spacial score (nSPS) is 21.2. The molecule has 0 radical (unpaired) electrons. The van der Waals surface area contributed by atoms with Crippen LogP contribution >= 0.6 is 0 Å². The summed E-state index contributed by atoms with van der Waals surface area (Å²) < 4.78 is 33.8. The van der Waals surface area contributed by atoms with Crippen molar-refractivity contribution in [2.24, 2.45) is 0 Å². The largest absolute Gasteiger partial charge is 0.393 e. The van der Waals surface area contributed by atoms with Gasteiger partial charge in [0.25, 0.3) is 11.8 Å². The molecule has 0 bridgehead atoms. The average Bonchev–Trinajstić information content (AvgIpc) is 4.10. The molecule has 2 amide bonds. The number of piperidine rings is 4. The third-order valence-corrected chi connectivity index (χ3v) is 15.7. The van der Waals surface area contributed by atoms with Crippen LogP contribution in [0, 0.1) is 5.82 Å². The van der Waals surface area contributed by atoms with Crippen molar-refractivity contribution in [2.75, 3.05) is 52.4 Å². The molecule has 6 heterocycles. The number of hydrogen-bond acceptors (Lipinski definition) is 8. The Morgan fingerprint density at radius 3 is 1.69 bits per heavy atom. The second-order valence-electron chi connectivity index (χ2n) is 19.9. The van der Waals surface area contributed by atoms with Crippen molar-refractivity contribution in [3.8, 4) is 33.4 Å². The van der Waals surface area contributed by atoms with Crippen LogP contribution in [0.3, 0.4) is 0 Å². The summed E-state index contributed by atoms with van der Waals surface area (Å²) >= 11 is 0. The van der Waals surface area contributed by atoms with Crippen LogP contribution in [-0.4, -0.2) is 144 Å². The minimum atomic E-state index is -1.17. The predicted octanol–water partition coefficient (Wildman–Crippen LogP) is 8.51. The fourth-order valence-electron chi connectivity index (χ4n) is 11.5. The quantitative estimate of drug-likeness (QED) is 0.133. The molecule has 0 unspecified atom stereocenters. The zero-order chi connectivity index (χ0) is 48.5. The van der Waals surface area contributed by atoms with E-state index in [0.717, 1.165) is 83.3 Å². The maximum absolute atomic E-state index is 15.7. The number of alkyl halides is 1. The number of aliphatic hydroxyl groups excluding tert-OH is 2. The van der Waals surface area contributed by atoms with Gasteiger partial charge in [0.15, 0.2) is 0 Å². The lowest BCUT2D eigenvalue weighted by atomic mass is 9.90. The summed E-state index contributed by atoms with van der Waals surface area (Å²) in [5, 5.41) is 20.0. The van der Waals surface area contributed by atoms with Gasteiger partial charge in [0.1, 0.15) is 23.4 Å². The molecule has 4 aliphatic heterocycles. The van der Waals surface area contributed by atoms with Crippen LogP contribution in [0.15, 0.2) is 116 Å². The van der Waals surface area contributed by atoms with Crippen molar-refractivity contribution in [1.29, 1.82) is 0 Å². The van der Waals surface area contributed by atoms with Crippen LogP contribution < -0.4 is 0 Å². The van der Waals surface area contributed by atoms with E-state index in [1.807, 2.05) is 26.2 Å². The topological polar surface area (TPSA) is 123 Å². The molecule has 4 atom stereocenters. The zero-order valence-electron chi connectivity index (χ0n) is 40.2. The monoisotopic (exact) mass is 951 g/mol. The highest BCUT2D eigenvalue weighted by atomic mass is 19.1. The highest BCUT2D eigenvalue weighted by molar-refractivity contribution is 5.93. The van der Waals surface area contributed by atoms with Crippen molar-refractivity contribution in [3.63, 3.8) is 0 Å². The Morgan fingerprint density at radius 2 is 1.07 bits per heavy atom. The fraction of sp³-hybridized carbons (Fsp3) is 0.429. The maximum atomic E-state index is 15.7. The fourth-order valence-corrected chi connectivity index (χ4v) is 11.5. The minimum absolute atomic E-state index is 0.0251. The van der Waals surface area contributed by atoms with Gasteiger partial charge in [0, 0.05) is 57.9 Å². The number of amides is 2. The molecule has 366 valence electrons. The first-order valence-electron chi connectivity index (χ1n) is 25.2. The van der Waals surface area contributed by atoms with Crippen LogP contribution in [0.2, 0.25) is 0 Å². The molecule has 12 nitrogen and oxygen atoms in total. The number of aliphatic hydroxyl groups is 2. The first-order chi connectivity index (χ1) is 34.0. The number of likely N-dealkylation sites (tertiary alicyclic amines) is 4. The van der Waals surface area contributed by atoms with Gasteiger partial charge in [-0.05, 0) is 121 Å². The lowest BCUT2D eigenvalue weighted by Gasteiger charge is -2.42. The van der Waals surface area contributed by atoms with Crippen molar-refractivity contribution in [1.82, 2.24) is 38.7 Å². The predicted molar refractivity (Wildman–Crippen MR) is 267 cm³/mol. The summed E-state index contributed by atoms with van der Waals surface area (Å²) in [4.78, 5) is 45.3. The Kier molecular flexibility index (Phi) is 14.1. The van der Waals surface area contributed by atoms with E-state index in [4.69, 9.17) is 0 Å². The molecular weight excluding hydrogens is 887 g/mol. The van der Waals surface area contributed by atoms with Crippen molar-refractivity contribution < 1.29 is 28.6 Å². The third kappa shape index (κ3) is 9.83. The Morgan fingerprint density at radius 1 is 0.571 bits per heavy atom. The average molecular weight is 951 g/mol. The first-order valence-corrected chi connectivity index (χ1v) is 25.2. The molecule has 4 fully saturated rings. The number of aromatic nitrogens is 4. The van der Waals surface area contributed by atoms with E-state index in [2.05, 4.69) is 88.2 Å². The van der Waals surface area contributed by atoms with Gasteiger partial charge in [-0.25, -0.2) is 18.7 Å². The van der Waals surface area contributed by atoms with Crippen molar-refractivity contribution in [2.45, 2.75) is 101 Å². The van der Waals surface area contributed by atoms with Crippen molar-refractivity contribution in [3.05, 3.63) is 144 Å². The van der Waals surface area contributed by atoms with E-state index < -0.39 is 6.17 Å². The molecule has 4 aliphatic rings. The van der Waals surface area contributed by atoms with Crippen LogP contribution in [0.4, 0.5) is 8.78 Å². The van der Waals surface area contributed by atoms with Gasteiger partial charge in [-0.3, -0.25) is 14.5 Å². The summed E-state index contributed by atoms with van der Waals surface area (Å²) in [6.45, 7) is 9.07. The molecule has 70 heavy (non-hydrogen) atoms. The molecule has 4 aromatic carbocycles. The highest BCUT2D eigenvalue weighted by Gasteiger charge is 2.38. The Bertz CT molecular complexity index is 2750. The number of benzene rings is 4. The van der Waals surface area contributed by atoms with Gasteiger partial charge in [0.05, 0.1) is 55.9 Å². The number of carbonyl (C=O) groups is 2. The molecular formula is C56H64F2N8O4. The molecule has 6 aromatic rings. The Hall–Kier alpha value is -6.06. The highest BCUT2D eigenvalue weighted by Crippen LogP contribution is 2.38. The molecule has 4 saturated heterocycles. The lowest BCUT2D eigenvalue weighted by molar-refractivity contribution is 0.000844. The van der Waals surface area contributed by atoms with Gasteiger partial charge in [-0.15, -0.1) is 0 Å². The smallest absolute Gasteiger partial charge is 0.272 e. The third-order valence-electron chi connectivity index (χ3n) is 15.7. The summed E-state index contributed by atoms with van der Waals surface area (Å²) in [6.07, 6.45) is 10.2. The number of halogens is 2. The molecule has 2 N–H and O–H groups in total. The van der Waals surface area contributed by atoms with Gasteiger partial charge in [0.2, 0.25) is 0 Å². The summed E-state index contributed by atoms with van der Waals surface area (Å²) in [5.74, 6) is -0.588. The second-order valence-corrected chi connectivity index (χ2v) is 19.9. The van der Waals surface area contributed by atoms with Crippen LogP contribution in [0.5, 0.6) is 0 Å². The van der Waals surface area contributed by atoms with E-state index in [1.165, 1.54) is 12.1 Å². The number of nitrogens with zero attached hydrogens (tertiary/aromatic N) is 8. The van der Waals surface area contributed by atoms with Gasteiger partial charge >= 0.3 is 0 Å². The molecule has 0 saturated carbocycles. The lowest BCUT2D eigenvalue weighted by Crippen LogP contribution is -2.55. The Labute approximate surface area is 409 Å². The zero-order valence-corrected chi connectivity index (χ0v) is 40.2. The SMILES string of the molecule is C[C@@H](c1cc(-c2ccc(-c3ccccc3[C@H](C)n3cncc3C(=O)N3CC[C@@H](N4CCC(O)CC4)[C@@H](F)C3)cc2)ccc1-c1ccc(F)cc1)n1cncc1C(=O)N1CCC(N2CCC(O)CC2)CC1. The van der Waals surface area contributed by atoms with Crippen LogP contribution in [0.1, 0.15) is 103 Å². The van der Waals surface area contributed by atoms with Gasteiger partial charge in [-0.2, -0.15) is 0 Å². The van der Waals surface area contributed by atoms with E-state index in [9.17, 15) is 24.2 Å². The molecule has 0 spiro atoms. The van der Waals surface area contributed by atoms with Crippen LogP contribution in [0.25, 0.3) is 33.4 Å². The number of hydrogen-bond donors (Lipinski definition) is 2. The number of carbonyl (C=O) groups excluding carboxylic acids is 2. The molecule has 14 heteroatoms. The second kappa shape index (κ2) is 20.7. The molecule has 10 rings (SSSR count). The standard InChI is InChI=1S/C56H64F2N8O4/c1-37(65-35-60-33-54(65)56(70)64-30-23-52(51(58)34-64)62-28-21-46(68)22-29-62)47-5-3-4-6-48(47)40-9-7-39(8-10-40)42-13-16-49(41-11-14-43(57)15-12-41)50(31-42)38(2)66-36-59-32-53(66)55(69)63-24-17-44(18-25-63)61-26-19-45(67)20-27-61/h3-16,31-33,35-38,44-46,51-52,67-68H,17-30,34H2,1-2H3/t37-,38-,51-,52+/m0/s1. The maximum Gasteiger partial charge on any atom is 0.272 e.